The third kappa shape index (κ3) is 3.21. The van der Waals surface area contributed by atoms with Crippen molar-refractivity contribution in [2.75, 3.05) is 13.2 Å². The van der Waals surface area contributed by atoms with Crippen LogP contribution < -0.4 is 10.1 Å². The molecule has 19 heavy (non-hydrogen) atoms. The topological polar surface area (TPSA) is 27.3 Å². The van der Waals surface area contributed by atoms with E-state index in [0.29, 0.717) is 13.2 Å². The summed E-state index contributed by atoms with van der Waals surface area (Å²) in [5.41, 5.74) is 2.16. The summed E-state index contributed by atoms with van der Waals surface area (Å²) in [4.78, 5) is 0. The van der Waals surface area contributed by atoms with Gasteiger partial charge < -0.3 is 9.05 Å². The van der Waals surface area contributed by atoms with E-state index >= 15 is 0 Å². The lowest BCUT2D eigenvalue weighted by atomic mass is 10.3. The summed E-state index contributed by atoms with van der Waals surface area (Å²) in [5, 5.41) is 0. The summed E-state index contributed by atoms with van der Waals surface area (Å²) in [6, 6.07) is 10.2. The maximum absolute atomic E-state index is 5.77. The summed E-state index contributed by atoms with van der Waals surface area (Å²) in [7, 11) is 0.958. The molecular weight excluding hydrogens is 259 g/mol. The van der Waals surface area contributed by atoms with Gasteiger partial charge in [0.25, 0.3) is 8.38 Å². The number of benzene rings is 1. The maximum atomic E-state index is 5.77. The van der Waals surface area contributed by atoms with Crippen molar-refractivity contribution in [3.8, 4) is 5.69 Å². The SMILES string of the molecule is CCOP(OCC)c1n(-c2ccccc2)cc[n+]1C. The average Bonchev–Trinajstić information content (AvgIpc) is 2.81. The van der Waals surface area contributed by atoms with Crippen molar-refractivity contribution < 1.29 is 13.6 Å². The van der Waals surface area contributed by atoms with E-state index in [-0.39, 0.29) is 0 Å². The van der Waals surface area contributed by atoms with Crippen molar-refractivity contribution in [2.45, 2.75) is 13.8 Å². The number of hydrogen-bond acceptors (Lipinski definition) is 2. The number of nitrogens with zero attached hydrogens (tertiary/aromatic N) is 2. The van der Waals surface area contributed by atoms with E-state index in [2.05, 4.69) is 21.3 Å². The summed E-state index contributed by atoms with van der Waals surface area (Å²) >= 11 is 0. The third-order valence-corrected chi connectivity index (χ3v) is 4.50. The van der Waals surface area contributed by atoms with E-state index in [1.807, 2.05) is 51.5 Å². The minimum atomic E-state index is -1.06. The molecule has 1 aromatic heterocycles. The molecule has 0 bridgehead atoms. The van der Waals surface area contributed by atoms with Gasteiger partial charge in [0, 0.05) is 0 Å². The van der Waals surface area contributed by atoms with Crippen molar-refractivity contribution in [1.29, 1.82) is 0 Å². The molecule has 1 heterocycles. The average molecular weight is 279 g/mol. The van der Waals surface area contributed by atoms with Crippen LogP contribution in [0.5, 0.6) is 0 Å². The van der Waals surface area contributed by atoms with Crippen LogP contribution in [-0.4, -0.2) is 17.8 Å². The molecule has 0 atom stereocenters. The fourth-order valence-corrected chi connectivity index (χ4v) is 3.32. The summed E-state index contributed by atoms with van der Waals surface area (Å²) in [5.74, 6) is 0. The zero-order chi connectivity index (χ0) is 13.7. The Morgan fingerprint density at radius 3 is 2.32 bits per heavy atom. The molecule has 0 fully saturated rings. The molecule has 0 unspecified atom stereocenters. The number of rotatable bonds is 6. The Labute approximate surface area is 115 Å². The minimum Gasteiger partial charge on any atom is -0.325 e. The van der Waals surface area contributed by atoms with Crippen LogP contribution in [0.1, 0.15) is 13.8 Å². The van der Waals surface area contributed by atoms with Gasteiger partial charge in [-0.15, -0.1) is 0 Å². The van der Waals surface area contributed by atoms with Gasteiger partial charge in [0.1, 0.15) is 18.1 Å². The van der Waals surface area contributed by atoms with Gasteiger partial charge in [-0.2, -0.15) is 4.57 Å². The first-order valence-electron chi connectivity index (χ1n) is 6.46. The zero-order valence-corrected chi connectivity index (χ0v) is 12.5. The molecule has 0 radical (unpaired) electrons. The van der Waals surface area contributed by atoms with Crippen LogP contribution in [0.4, 0.5) is 0 Å². The zero-order valence-electron chi connectivity index (χ0n) is 11.6. The third-order valence-electron chi connectivity index (χ3n) is 2.66. The number of imidazole rings is 1. The van der Waals surface area contributed by atoms with Crippen LogP contribution in [0.15, 0.2) is 42.7 Å². The summed E-state index contributed by atoms with van der Waals surface area (Å²) in [6.45, 7) is 5.27. The minimum absolute atomic E-state index is 0.645. The quantitative estimate of drug-likeness (QED) is 0.599. The summed E-state index contributed by atoms with van der Waals surface area (Å²) in [6.07, 6.45) is 4.06. The Bertz CT molecular complexity index is 507. The molecule has 0 amide bonds. The van der Waals surface area contributed by atoms with Gasteiger partial charge in [0.15, 0.2) is 0 Å². The highest BCUT2D eigenvalue weighted by atomic mass is 31.2. The van der Waals surface area contributed by atoms with Crippen molar-refractivity contribution in [3.05, 3.63) is 42.7 Å². The van der Waals surface area contributed by atoms with Gasteiger partial charge in [0.05, 0.1) is 20.3 Å². The standard InChI is InChI=1S/C14H20N2O2P/c1-4-17-19(18-5-2)14-15(3)11-12-16(14)13-9-7-6-8-10-13/h6-12H,4-5H2,1-3H3/q+1. The Hall–Kier alpha value is -1.22. The van der Waals surface area contributed by atoms with Crippen LogP contribution in [-0.2, 0) is 16.1 Å². The molecule has 0 aliphatic rings. The molecule has 2 aromatic rings. The second-order valence-electron chi connectivity index (χ2n) is 4.01. The predicted molar refractivity (Wildman–Crippen MR) is 76.8 cm³/mol. The van der Waals surface area contributed by atoms with Crippen molar-refractivity contribution in [1.82, 2.24) is 4.57 Å². The van der Waals surface area contributed by atoms with Gasteiger partial charge in [-0.3, -0.25) is 0 Å². The summed E-state index contributed by atoms with van der Waals surface area (Å²) < 4.78 is 15.7. The van der Waals surface area contributed by atoms with Crippen LogP contribution >= 0.6 is 8.38 Å². The first kappa shape index (κ1) is 14.2. The highest BCUT2D eigenvalue weighted by Crippen LogP contribution is 2.36. The lowest BCUT2D eigenvalue weighted by molar-refractivity contribution is -0.652. The molecule has 0 saturated carbocycles. The normalized spacial score (nSPS) is 11.2. The van der Waals surface area contributed by atoms with Gasteiger partial charge in [0.2, 0.25) is 0 Å². The highest BCUT2D eigenvalue weighted by Gasteiger charge is 2.29. The van der Waals surface area contributed by atoms with Crippen LogP contribution in [0.3, 0.4) is 0 Å². The molecule has 102 valence electrons. The highest BCUT2D eigenvalue weighted by molar-refractivity contribution is 7.55. The second-order valence-corrected chi connectivity index (χ2v) is 5.44. The number of hydrogen-bond donors (Lipinski definition) is 0. The molecule has 0 saturated heterocycles. The van der Waals surface area contributed by atoms with Gasteiger partial charge in [-0.05, 0) is 26.0 Å². The maximum Gasteiger partial charge on any atom is 0.339 e. The first-order valence-corrected chi connectivity index (χ1v) is 7.64. The molecule has 0 spiro atoms. The molecule has 4 nitrogen and oxygen atoms in total. The van der Waals surface area contributed by atoms with Crippen molar-refractivity contribution in [2.24, 2.45) is 7.05 Å². The Balaban J connectivity index is 2.41. The molecule has 1 aromatic carbocycles. The second kappa shape index (κ2) is 6.80. The van der Waals surface area contributed by atoms with E-state index in [9.17, 15) is 0 Å². The van der Waals surface area contributed by atoms with Crippen molar-refractivity contribution >= 4 is 13.9 Å². The molecule has 2 rings (SSSR count). The smallest absolute Gasteiger partial charge is 0.325 e. The van der Waals surface area contributed by atoms with E-state index < -0.39 is 8.38 Å². The van der Waals surface area contributed by atoms with Crippen LogP contribution in [0, 0.1) is 0 Å². The van der Waals surface area contributed by atoms with Crippen LogP contribution in [0.25, 0.3) is 5.69 Å². The first-order chi connectivity index (χ1) is 9.27. The van der Waals surface area contributed by atoms with Gasteiger partial charge in [-0.1, -0.05) is 18.2 Å². The molecule has 5 heteroatoms. The van der Waals surface area contributed by atoms with E-state index in [1.165, 1.54) is 0 Å². The van der Waals surface area contributed by atoms with E-state index in [0.717, 1.165) is 11.3 Å². The monoisotopic (exact) mass is 279 g/mol. The molecule has 0 aliphatic carbocycles. The number of aromatic nitrogens is 2. The Morgan fingerprint density at radius 1 is 1.11 bits per heavy atom. The molecule has 0 aliphatic heterocycles. The largest absolute Gasteiger partial charge is 0.339 e. The Kier molecular flexibility index (Phi) is 5.08. The number of para-hydroxylation sites is 1. The van der Waals surface area contributed by atoms with E-state index in [1.54, 1.807) is 0 Å². The molecule has 0 N–H and O–H groups in total. The number of aryl methyl sites for hydroxylation is 1. The van der Waals surface area contributed by atoms with E-state index in [4.69, 9.17) is 9.05 Å². The van der Waals surface area contributed by atoms with Crippen LogP contribution in [0.2, 0.25) is 0 Å². The predicted octanol–water partition coefficient (Wildman–Crippen LogP) is 2.31. The fourth-order valence-electron chi connectivity index (χ4n) is 1.86. The molecular formula is C14H20N2O2P+. The van der Waals surface area contributed by atoms with Gasteiger partial charge >= 0.3 is 5.57 Å². The Morgan fingerprint density at radius 2 is 1.74 bits per heavy atom. The van der Waals surface area contributed by atoms with Gasteiger partial charge in [-0.25, -0.2) is 4.57 Å². The van der Waals surface area contributed by atoms with Crippen molar-refractivity contribution in [3.63, 3.8) is 0 Å². The lowest BCUT2D eigenvalue weighted by Gasteiger charge is -2.13. The fraction of sp³-hybridized carbons (Fsp3) is 0.357. The lowest BCUT2D eigenvalue weighted by Crippen LogP contribution is -2.45.